The summed E-state index contributed by atoms with van der Waals surface area (Å²) in [6.45, 7) is 2.97. The summed E-state index contributed by atoms with van der Waals surface area (Å²) in [5.74, 6) is -4.17. The van der Waals surface area contributed by atoms with Crippen molar-refractivity contribution in [1.82, 2.24) is 4.90 Å². The van der Waals surface area contributed by atoms with Crippen LogP contribution in [-0.2, 0) is 23.9 Å². The Bertz CT molecular complexity index is 1400. The van der Waals surface area contributed by atoms with Crippen molar-refractivity contribution in [2.45, 2.75) is 31.7 Å². The lowest BCUT2D eigenvalue weighted by atomic mass is 9.55. The molecule has 3 amide bonds. The molecule has 0 spiro atoms. The molecule has 7 nitrogen and oxygen atoms in total. The minimum atomic E-state index is -1.14. The number of carbonyl (C=O) groups excluding carboxylic acids is 4. The van der Waals surface area contributed by atoms with Crippen LogP contribution < -0.4 is 5.32 Å². The first kappa shape index (κ1) is 25.3. The molecular formula is C31H27ClN2O5. The second kappa shape index (κ2) is 9.65. The summed E-state index contributed by atoms with van der Waals surface area (Å²) in [6, 6.07) is 21.4. The van der Waals surface area contributed by atoms with Crippen molar-refractivity contribution in [3.05, 3.63) is 100 Å². The minimum Gasteiger partial charge on any atom is -0.454 e. The molecule has 1 aliphatic heterocycles. The Balaban J connectivity index is 1.27. The molecule has 8 heteroatoms. The van der Waals surface area contributed by atoms with Crippen LogP contribution in [0, 0.1) is 17.8 Å². The molecule has 3 aliphatic carbocycles. The number of ether oxygens (including phenoxy) is 1. The van der Waals surface area contributed by atoms with E-state index in [1.54, 1.807) is 38.1 Å². The third kappa shape index (κ3) is 4.03. The second-order valence-electron chi connectivity index (χ2n) is 10.7. The van der Waals surface area contributed by atoms with Gasteiger partial charge in [0.1, 0.15) is 6.04 Å². The van der Waals surface area contributed by atoms with Crippen LogP contribution in [-0.4, -0.2) is 41.2 Å². The Morgan fingerprint density at radius 3 is 1.82 bits per heavy atom. The largest absolute Gasteiger partial charge is 0.454 e. The number of nitrogens with one attached hydrogen (secondary N) is 1. The van der Waals surface area contributed by atoms with Gasteiger partial charge in [-0.15, -0.1) is 0 Å². The number of anilines is 1. The second-order valence-corrected chi connectivity index (χ2v) is 11.1. The molecule has 1 N–H and O–H groups in total. The summed E-state index contributed by atoms with van der Waals surface area (Å²) in [6.07, 6.45) is 0. The molecule has 1 fully saturated rings. The van der Waals surface area contributed by atoms with Gasteiger partial charge < -0.3 is 10.1 Å². The lowest BCUT2D eigenvalue weighted by Gasteiger charge is -2.45. The Kier molecular flexibility index (Phi) is 6.26. The van der Waals surface area contributed by atoms with Gasteiger partial charge in [0, 0.05) is 22.5 Å². The number of hydrogen-bond donors (Lipinski definition) is 1. The van der Waals surface area contributed by atoms with Gasteiger partial charge in [0.15, 0.2) is 6.61 Å². The van der Waals surface area contributed by atoms with Crippen molar-refractivity contribution < 1.29 is 23.9 Å². The van der Waals surface area contributed by atoms with E-state index in [2.05, 4.69) is 5.32 Å². The van der Waals surface area contributed by atoms with Crippen LogP contribution >= 0.6 is 11.6 Å². The number of benzene rings is 3. The van der Waals surface area contributed by atoms with E-state index in [1.165, 1.54) is 0 Å². The zero-order chi connectivity index (χ0) is 27.4. The third-order valence-electron chi connectivity index (χ3n) is 8.09. The maximum absolute atomic E-state index is 14.0. The van der Waals surface area contributed by atoms with Gasteiger partial charge in [0.25, 0.3) is 5.91 Å². The molecule has 0 aromatic heterocycles. The van der Waals surface area contributed by atoms with E-state index in [1.807, 2.05) is 48.5 Å². The first-order valence-electron chi connectivity index (χ1n) is 13.0. The smallest absolute Gasteiger partial charge is 0.330 e. The molecule has 3 atom stereocenters. The molecule has 39 heavy (non-hydrogen) atoms. The molecule has 198 valence electrons. The first-order chi connectivity index (χ1) is 18.8. The topological polar surface area (TPSA) is 92.8 Å². The number of nitrogens with zero attached hydrogens (tertiary/aromatic N) is 1. The van der Waals surface area contributed by atoms with Gasteiger partial charge in [-0.3, -0.25) is 19.3 Å². The minimum absolute atomic E-state index is 0.263. The van der Waals surface area contributed by atoms with Crippen LogP contribution in [0.1, 0.15) is 47.9 Å². The summed E-state index contributed by atoms with van der Waals surface area (Å²) in [5, 5.41) is 3.08. The number of amides is 3. The average Bonchev–Trinajstić information content (AvgIpc) is 3.18. The van der Waals surface area contributed by atoms with Crippen molar-refractivity contribution in [2.24, 2.45) is 17.8 Å². The van der Waals surface area contributed by atoms with Crippen LogP contribution in [0.15, 0.2) is 72.8 Å². The monoisotopic (exact) mass is 542 g/mol. The normalized spacial score (nSPS) is 23.2. The van der Waals surface area contributed by atoms with E-state index < -0.39 is 42.3 Å². The summed E-state index contributed by atoms with van der Waals surface area (Å²) in [4.78, 5) is 54.9. The fourth-order valence-electron chi connectivity index (χ4n) is 6.64. The number of hydrogen-bond acceptors (Lipinski definition) is 5. The van der Waals surface area contributed by atoms with Crippen molar-refractivity contribution in [3.63, 3.8) is 0 Å². The van der Waals surface area contributed by atoms with Crippen LogP contribution in [0.2, 0.25) is 5.02 Å². The standard InChI is InChI=1S/C31H27ClN2O5/c1-16(2)28(31(38)39-15-23(35)33-18-9-7-8-17(32)14-18)34-29(36)26-24-19-10-3-4-11-20(19)25(27(26)30(34)37)22-13-6-5-12-21(22)24/h3-14,16,24-28H,15H2,1-2H3,(H,33,35)/t24?,25?,26-,27-,28-/m1/s1. The van der Waals surface area contributed by atoms with Crippen LogP contribution in [0.25, 0.3) is 0 Å². The zero-order valence-electron chi connectivity index (χ0n) is 21.5. The highest BCUT2D eigenvalue weighted by molar-refractivity contribution is 6.30. The number of halogens is 1. The Morgan fingerprint density at radius 1 is 0.846 bits per heavy atom. The molecule has 0 unspecified atom stereocenters. The summed E-state index contributed by atoms with van der Waals surface area (Å²) < 4.78 is 5.36. The number of likely N-dealkylation sites (tertiary alicyclic amines) is 1. The fourth-order valence-corrected chi connectivity index (χ4v) is 6.83. The van der Waals surface area contributed by atoms with E-state index in [0.29, 0.717) is 10.7 Å². The average molecular weight is 543 g/mol. The van der Waals surface area contributed by atoms with Crippen molar-refractivity contribution in [3.8, 4) is 0 Å². The maximum atomic E-state index is 14.0. The van der Waals surface area contributed by atoms with E-state index in [0.717, 1.165) is 27.2 Å². The highest BCUT2D eigenvalue weighted by atomic mass is 35.5. The highest BCUT2D eigenvalue weighted by Gasteiger charge is 2.63. The summed E-state index contributed by atoms with van der Waals surface area (Å²) >= 11 is 5.96. The van der Waals surface area contributed by atoms with Gasteiger partial charge in [0.05, 0.1) is 11.8 Å². The number of esters is 1. The Morgan fingerprint density at radius 2 is 1.36 bits per heavy atom. The van der Waals surface area contributed by atoms with Crippen molar-refractivity contribution in [1.29, 1.82) is 0 Å². The number of rotatable bonds is 6. The predicted molar refractivity (Wildman–Crippen MR) is 145 cm³/mol. The lowest BCUT2D eigenvalue weighted by molar-refractivity contribution is -0.162. The van der Waals surface area contributed by atoms with E-state index >= 15 is 0 Å². The van der Waals surface area contributed by atoms with Gasteiger partial charge in [-0.05, 0) is 46.4 Å². The highest BCUT2D eigenvalue weighted by Crippen LogP contribution is 2.61. The number of carbonyl (C=O) groups is 4. The van der Waals surface area contributed by atoms with Crippen molar-refractivity contribution in [2.75, 3.05) is 11.9 Å². The molecule has 3 aromatic carbocycles. The maximum Gasteiger partial charge on any atom is 0.330 e. The zero-order valence-corrected chi connectivity index (χ0v) is 22.2. The molecule has 0 saturated carbocycles. The van der Waals surface area contributed by atoms with Gasteiger partial charge in [0.2, 0.25) is 11.8 Å². The first-order valence-corrected chi connectivity index (χ1v) is 13.4. The van der Waals surface area contributed by atoms with Gasteiger partial charge in [-0.2, -0.15) is 0 Å². The van der Waals surface area contributed by atoms with Crippen LogP contribution in [0.4, 0.5) is 5.69 Å². The summed E-state index contributed by atoms with van der Waals surface area (Å²) in [5.41, 5.74) is 4.71. The van der Waals surface area contributed by atoms with Crippen LogP contribution in [0.5, 0.6) is 0 Å². The van der Waals surface area contributed by atoms with E-state index in [-0.39, 0.29) is 23.7 Å². The van der Waals surface area contributed by atoms with Gasteiger partial charge >= 0.3 is 5.97 Å². The molecule has 3 aromatic rings. The SMILES string of the molecule is CC(C)[C@H](C(=O)OCC(=O)Nc1cccc(Cl)c1)N1C(=O)[C@@H]2C3c4ccccc4C(c4ccccc43)[C@H]2C1=O. The molecule has 2 bridgehead atoms. The van der Waals surface area contributed by atoms with Crippen LogP contribution in [0.3, 0.4) is 0 Å². The summed E-state index contributed by atoms with van der Waals surface area (Å²) in [7, 11) is 0. The fraction of sp³-hybridized carbons (Fsp3) is 0.290. The number of imide groups is 1. The van der Waals surface area contributed by atoms with E-state index in [4.69, 9.17) is 16.3 Å². The molecular weight excluding hydrogens is 516 g/mol. The van der Waals surface area contributed by atoms with E-state index in [9.17, 15) is 19.2 Å². The van der Waals surface area contributed by atoms with Gasteiger partial charge in [-0.1, -0.05) is 80.0 Å². The lowest BCUT2D eigenvalue weighted by Crippen LogP contribution is -2.49. The third-order valence-corrected chi connectivity index (χ3v) is 8.32. The molecule has 0 radical (unpaired) electrons. The van der Waals surface area contributed by atoms with Crippen molar-refractivity contribution >= 4 is 41.0 Å². The molecule has 1 saturated heterocycles. The predicted octanol–water partition coefficient (Wildman–Crippen LogP) is 4.74. The quantitative estimate of drug-likeness (QED) is 0.359. The molecule has 4 aliphatic rings. The molecule has 1 heterocycles. The Labute approximate surface area is 231 Å². The Hall–Kier alpha value is -3.97. The van der Waals surface area contributed by atoms with Gasteiger partial charge in [-0.25, -0.2) is 4.79 Å². The molecule has 7 rings (SSSR count).